The van der Waals surface area contributed by atoms with Crippen LogP contribution in [0.4, 0.5) is 11.8 Å². The fourth-order valence-corrected chi connectivity index (χ4v) is 4.93. The summed E-state index contributed by atoms with van der Waals surface area (Å²) in [6.45, 7) is 5.24. The van der Waals surface area contributed by atoms with Crippen LogP contribution in [0.5, 0.6) is 0 Å². The van der Waals surface area contributed by atoms with Gasteiger partial charge < -0.3 is 14.9 Å². The molecule has 6 heteroatoms. The number of aromatic nitrogens is 2. The largest absolute Gasteiger partial charge is 0.481 e. The van der Waals surface area contributed by atoms with E-state index in [2.05, 4.69) is 16.7 Å². The molecule has 0 amide bonds. The number of anilines is 2. The van der Waals surface area contributed by atoms with Crippen LogP contribution in [0.3, 0.4) is 0 Å². The van der Waals surface area contributed by atoms with E-state index in [1.165, 1.54) is 24.1 Å². The molecule has 1 aromatic heterocycles. The predicted molar refractivity (Wildman–Crippen MR) is 90.4 cm³/mol. The first-order valence-electron chi connectivity index (χ1n) is 9.25. The molecule has 128 valence electrons. The van der Waals surface area contributed by atoms with Crippen LogP contribution in [0.15, 0.2) is 0 Å². The molecule has 3 fully saturated rings. The van der Waals surface area contributed by atoms with Gasteiger partial charge in [0.05, 0.1) is 5.69 Å². The van der Waals surface area contributed by atoms with Crippen molar-refractivity contribution in [2.24, 2.45) is 17.8 Å². The Hall–Kier alpha value is -1.85. The zero-order valence-electron chi connectivity index (χ0n) is 14.1. The number of carbonyl (C=O) groups is 1. The summed E-state index contributed by atoms with van der Waals surface area (Å²) in [5, 5.41) is 9.00. The minimum atomic E-state index is -0.655. The van der Waals surface area contributed by atoms with Crippen LogP contribution in [-0.4, -0.2) is 46.7 Å². The number of hydrogen-bond donors (Lipinski definition) is 1. The van der Waals surface area contributed by atoms with Gasteiger partial charge in [0.2, 0.25) is 5.95 Å². The standard InChI is InChI=1S/C18H24N4O2/c1-10-5-6-22(10)18-19-15-4-2-3-11(15)17(20-18)21-8-13-12(7-16(23)24)14(13)9-21/h10,12-14H,2-9H2,1H3,(H,23,24)/t10-,12?,13-,14+/m0/s1. The number of nitrogens with zero attached hydrogens (tertiary/aromatic N) is 4. The van der Waals surface area contributed by atoms with Crippen LogP contribution >= 0.6 is 0 Å². The average Bonchev–Trinajstić information content (AvgIpc) is 2.97. The highest BCUT2D eigenvalue weighted by molar-refractivity contribution is 5.68. The summed E-state index contributed by atoms with van der Waals surface area (Å²) >= 11 is 0. The normalized spacial score (nSPS) is 33.2. The molecule has 0 bridgehead atoms. The van der Waals surface area contributed by atoms with Gasteiger partial charge in [0.1, 0.15) is 5.82 Å². The topological polar surface area (TPSA) is 69.6 Å². The van der Waals surface area contributed by atoms with Crippen LogP contribution < -0.4 is 9.80 Å². The predicted octanol–water partition coefficient (Wildman–Crippen LogP) is 1.72. The molecule has 1 aromatic rings. The number of fused-ring (bicyclic) bond motifs is 2. The summed E-state index contributed by atoms with van der Waals surface area (Å²) in [6, 6.07) is 0.546. The number of carboxylic acid groups (broad SMARTS) is 1. The van der Waals surface area contributed by atoms with E-state index in [0.717, 1.165) is 44.2 Å². The second-order valence-electron chi connectivity index (χ2n) is 7.95. The van der Waals surface area contributed by atoms with Crippen molar-refractivity contribution in [1.82, 2.24) is 9.97 Å². The highest BCUT2D eigenvalue weighted by atomic mass is 16.4. The van der Waals surface area contributed by atoms with Crippen molar-refractivity contribution in [3.05, 3.63) is 11.3 Å². The summed E-state index contributed by atoms with van der Waals surface area (Å²) in [5.74, 6) is 2.90. The molecule has 2 aliphatic carbocycles. The molecular weight excluding hydrogens is 304 g/mol. The average molecular weight is 328 g/mol. The Morgan fingerprint density at radius 2 is 2.04 bits per heavy atom. The maximum atomic E-state index is 10.9. The van der Waals surface area contributed by atoms with Crippen LogP contribution in [-0.2, 0) is 17.6 Å². The van der Waals surface area contributed by atoms with E-state index in [-0.39, 0.29) is 0 Å². The molecule has 1 saturated carbocycles. The van der Waals surface area contributed by atoms with Crippen LogP contribution in [0.25, 0.3) is 0 Å². The molecule has 2 aliphatic heterocycles. The van der Waals surface area contributed by atoms with Gasteiger partial charge in [-0.25, -0.2) is 4.98 Å². The minimum Gasteiger partial charge on any atom is -0.481 e. The van der Waals surface area contributed by atoms with Crippen molar-refractivity contribution in [2.45, 2.75) is 45.1 Å². The summed E-state index contributed by atoms with van der Waals surface area (Å²) in [4.78, 5) is 25.5. The summed E-state index contributed by atoms with van der Waals surface area (Å²) in [5.41, 5.74) is 2.60. The van der Waals surface area contributed by atoms with E-state index in [1.807, 2.05) is 0 Å². The summed E-state index contributed by atoms with van der Waals surface area (Å²) < 4.78 is 0. The first-order valence-corrected chi connectivity index (χ1v) is 9.25. The Kier molecular flexibility index (Phi) is 3.06. The lowest BCUT2D eigenvalue weighted by molar-refractivity contribution is -0.137. The number of rotatable bonds is 4. The van der Waals surface area contributed by atoms with E-state index >= 15 is 0 Å². The second-order valence-corrected chi connectivity index (χ2v) is 7.95. The van der Waals surface area contributed by atoms with Gasteiger partial charge in [0.15, 0.2) is 0 Å². The maximum Gasteiger partial charge on any atom is 0.303 e. The molecule has 4 aliphatic rings. The fraction of sp³-hybridized carbons (Fsp3) is 0.722. The Bertz CT molecular complexity index is 695. The van der Waals surface area contributed by atoms with Crippen molar-refractivity contribution in [2.75, 3.05) is 29.4 Å². The molecule has 24 heavy (non-hydrogen) atoms. The molecular formula is C18H24N4O2. The van der Waals surface area contributed by atoms with Crippen molar-refractivity contribution in [3.63, 3.8) is 0 Å². The van der Waals surface area contributed by atoms with E-state index < -0.39 is 5.97 Å². The zero-order valence-corrected chi connectivity index (χ0v) is 14.1. The summed E-state index contributed by atoms with van der Waals surface area (Å²) in [6.07, 6.45) is 4.90. The van der Waals surface area contributed by atoms with Crippen molar-refractivity contribution < 1.29 is 9.90 Å². The molecule has 0 radical (unpaired) electrons. The summed E-state index contributed by atoms with van der Waals surface area (Å²) in [7, 11) is 0. The van der Waals surface area contributed by atoms with E-state index in [1.54, 1.807) is 0 Å². The minimum absolute atomic E-state index is 0.335. The fourth-order valence-electron chi connectivity index (χ4n) is 4.93. The molecule has 3 heterocycles. The van der Waals surface area contributed by atoms with Gasteiger partial charge in [-0.05, 0) is 50.4 Å². The first-order chi connectivity index (χ1) is 11.6. The van der Waals surface area contributed by atoms with Crippen molar-refractivity contribution in [1.29, 1.82) is 0 Å². The zero-order chi connectivity index (χ0) is 16.4. The SMILES string of the molecule is C[C@H]1CCN1c1nc2c(c(N3C[C@@H]4C(CC(=O)O)[C@@H]4C3)n1)CCC2. The first kappa shape index (κ1) is 14.5. The van der Waals surface area contributed by atoms with Gasteiger partial charge in [0.25, 0.3) is 0 Å². The third kappa shape index (κ3) is 2.11. The molecule has 2 saturated heterocycles. The third-order valence-corrected chi connectivity index (χ3v) is 6.56. The Balaban J connectivity index is 1.40. The smallest absolute Gasteiger partial charge is 0.303 e. The second kappa shape index (κ2) is 5.07. The molecule has 0 aromatic carbocycles. The molecule has 1 N–H and O–H groups in total. The number of piperidine rings is 1. The van der Waals surface area contributed by atoms with Crippen LogP contribution in [0.2, 0.25) is 0 Å². The molecule has 4 atom stereocenters. The number of carboxylic acids is 1. The number of aryl methyl sites for hydroxylation is 1. The highest BCUT2D eigenvalue weighted by Gasteiger charge is 2.56. The molecule has 1 unspecified atom stereocenters. The van der Waals surface area contributed by atoms with E-state index in [4.69, 9.17) is 15.1 Å². The molecule has 0 spiro atoms. The van der Waals surface area contributed by atoms with Crippen LogP contribution in [0.1, 0.15) is 37.4 Å². The van der Waals surface area contributed by atoms with Gasteiger partial charge >= 0.3 is 5.97 Å². The number of hydrogen-bond acceptors (Lipinski definition) is 5. The van der Waals surface area contributed by atoms with Crippen molar-refractivity contribution in [3.8, 4) is 0 Å². The Morgan fingerprint density at radius 1 is 1.25 bits per heavy atom. The van der Waals surface area contributed by atoms with Gasteiger partial charge in [-0.15, -0.1) is 0 Å². The van der Waals surface area contributed by atoms with Gasteiger partial charge in [-0.3, -0.25) is 4.79 Å². The van der Waals surface area contributed by atoms with E-state index in [9.17, 15) is 4.79 Å². The van der Waals surface area contributed by atoms with E-state index in [0.29, 0.717) is 30.2 Å². The highest BCUT2D eigenvalue weighted by Crippen LogP contribution is 2.54. The third-order valence-electron chi connectivity index (χ3n) is 6.56. The van der Waals surface area contributed by atoms with Gasteiger partial charge in [-0.1, -0.05) is 0 Å². The Labute approximate surface area is 141 Å². The molecule has 5 rings (SSSR count). The van der Waals surface area contributed by atoms with Crippen molar-refractivity contribution >= 4 is 17.7 Å². The number of aliphatic carboxylic acids is 1. The van der Waals surface area contributed by atoms with Crippen LogP contribution in [0, 0.1) is 17.8 Å². The van der Waals surface area contributed by atoms with Gasteiger partial charge in [0, 0.05) is 37.7 Å². The molecule has 6 nitrogen and oxygen atoms in total. The van der Waals surface area contributed by atoms with Gasteiger partial charge in [-0.2, -0.15) is 4.98 Å². The lowest BCUT2D eigenvalue weighted by Gasteiger charge is -2.39. The monoisotopic (exact) mass is 328 g/mol. The maximum absolute atomic E-state index is 10.9. The quantitative estimate of drug-likeness (QED) is 0.907. The lowest BCUT2D eigenvalue weighted by Crippen LogP contribution is -2.47. The lowest BCUT2D eigenvalue weighted by atomic mass is 10.1. The Morgan fingerprint density at radius 3 is 2.67 bits per heavy atom.